The molecule has 0 radical (unpaired) electrons. The van der Waals surface area contributed by atoms with Crippen LogP contribution in [0.1, 0.15) is 11.3 Å². The van der Waals surface area contributed by atoms with Crippen LogP contribution in [0.25, 0.3) is 10.9 Å². The minimum atomic E-state index is -0.0119. The third-order valence-corrected chi connectivity index (χ3v) is 3.59. The molecule has 3 rings (SSSR count). The Hall–Kier alpha value is -2.62. The third kappa shape index (κ3) is 2.52. The zero-order valence-electron chi connectivity index (χ0n) is 12.1. The predicted molar refractivity (Wildman–Crippen MR) is 85.5 cm³/mol. The van der Waals surface area contributed by atoms with Gasteiger partial charge in [0.05, 0.1) is 5.69 Å². The molecule has 0 unspecified atom stereocenters. The molecule has 0 fully saturated rings. The van der Waals surface area contributed by atoms with Crippen LogP contribution in [0.4, 0.5) is 5.69 Å². The number of hydrogen-bond donors (Lipinski definition) is 1. The van der Waals surface area contributed by atoms with Crippen molar-refractivity contribution in [2.75, 3.05) is 5.32 Å². The fraction of sp³-hybridized carbons (Fsp3) is 0.176. The van der Waals surface area contributed by atoms with Gasteiger partial charge in [-0.05, 0) is 31.5 Å². The third-order valence-electron chi connectivity index (χ3n) is 3.59. The van der Waals surface area contributed by atoms with E-state index in [9.17, 15) is 4.79 Å². The Morgan fingerprint density at radius 3 is 2.57 bits per heavy atom. The summed E-state index contributed by atoms with van der Waals surface area (Å²) in [5.74, 6) is 0. The average molecular weight is 279 g/mol. The van der Waals surface area contributed by atoms with Crippen LogP contribution in [0.5, 0.6) is 0 Å². The van der Waals surface area contributed by atoms with Crippen molar-refractivity contribution in [2.24, 2.45) is 0 Å². The Morgan fingerprint density at radius 2 is 1.76 bits per heavy atom. The molecule has 106 valence electrons. The van der Waals surface area contributed by atoms with E-state index >= 15 is 0 Å². The molecule has 0 bridgehead atoms. The first-order valence-electron chi connectivity index (χ1n) is 6.93. The van der Waals surface area contributed by atoms with Crippen molar-refractivity contribution < 1.29 is 0 Å². The Morgan fingerprint density at radius 1 is 1.05 bits per heavy atom. The monoisotopic (exact) mass is 279 g/mol. The zero-order valence-corrected chi connectivity index (χ0v) is 12.1. The van der Waals surface area contributed by atoms with Crippen molar-refractivity contribution in [1.82, 2.24) is 9.78 Å². The van der Waals surface area contributed by atoms with Gasteiger partial charge in [-0.1, -0.05) is 36.4 Å². The van der Waals surface area contributed by atoms with Gasteiger partial charge in [-0.2, -0.15) is 5.10 Å². The molecule has 1 heterocycles. The summed E-state index contributed by atoms with van der Waals surface area (Å²) in [6.07, 6.45) is 0. The van der Waals surface area contributed by atoms with E-state index in [-0.39, 0.29) is 5.43 Å². The van der Waals surface area contributed by atoms with E-state index in [1.165, 1.54) is 5.56 Å². The number of rotatable bonds is 3. The van der Waals surface area contributed by atoms with Crippen molar-refractivity contribution in [3.05, 3.63) is 70.0 Å². The van der Waals surface area contributed by atoms with E-state index in [1.54, 1.807) is 16.8 Å². The highest BCUT2D eigenvalue weighted by Gasteiger charge is 2.09. The van der Waals surface area contributed by atoms with E-state index < -0.39 is 0 Å². The predicted octanol–water partition coefficient (Wildman–Crippen LogP) is 3.08. The van der Waals surface area contributed by atoms with Gasteiger partial charge in [0.2, 0.25) is 5.43 Å². The van der Waals surface area contributed by atoms with Crippen molar-refractivity contribution in [3.63, 3.8) is 0 Å². The summed E-state index contributed by atoms with van der Waals surface area (Å²) in [5.41, 5.74) is 3.70. The van der Waals surface area contributed by atoms with Gasteiger partial charge in [0.25, 0.3) is 0 Å². The van der Waals surface area contributed by atoms with Crippen molar-refractivity contribution in [2.45, 2.75) is 20.5 Å². The van der Waals surface area contributed by atoms with Crippen LogP contribution >= 0.6 is 0 Å². The number of anilines is 1. The standard InChI is InChI=1S/C17H17N3O/c1-12-7-3-5-9-15(12)18-11-20-17-14(13(2)19-20)8-4-6-10-16(17)21/h3-10,18H,11H2,1-2H3. The van der Waals surface area contributed by atoms with E-state index in [0.717, 1.165) is 16.8 Å². The van der Waals surface area contributed by atoms with Gasteiger partial charge in [0.15, 0.2) is 0 Å². The van der Waals surface area contributed by atoms with Gasteiger partial charge in [0.1, 0.15) is 12.2 Å². The minimum Gasteiger partial charge on any atom is -0.366 e. The molecule has 0 aliphatic heterocycles. The summed E-state index contributed by atoms with van der Waals surface area (Å²) in [5, 5.41) is 8.71. The van der Waals surface area contributed by atoms with Gasteiger partial charge in [0, 0.05) is 11.1 Å². The van der Waals surface area contributed by atoms with Crippen molar-refractivity contribution in [3.8, 4) is 0 Å². The second-order valence-electron chi connectivity index (χ2n) is 5.08. The van der Waals surface area contributed by atoms with Crippen LogP contribution in [-0.4, -0.2) is 9.78 Å². The Balaban J connectivity index is 2.01. The summed E-state index contributed by atoms with van der Waals surface area (Å²) in [7, 11) is 0. The minimum absolute atomic E-state index is 0.0119. The molecule has 0 spiro atoms. The number of benzene rings is 1. The van der Waals surface area contributed by atoms with Crippen LogP contribution in [0.15, 0.2) is 53.3 Å². The molecule has 0 aliphatic rings. The molecule has 21 heavy (non-hydrogen) atoms. The second-order valence-corrected chi connectivity index (χ2v) is 5.08. The van der Waals surface area contributed by atoms with Gasteiger partial charge < -0.3 is 5.32 Å². The van der Waals surface area contributed by atoms with Gasteiger partial charge in [-0.25, -0.2) is 4.68 Å². The molecular formula is C17H17N3O. The summed E-state index contributed by atoms with van der Waals surface area (Å²) in [4.78, 5) is 12.2. The molecule has 0 saturated heterocycles. The molecule has 1 N–H and O–H groups in total. The van der Waals surface area contributed by atoms with Crippen LogP contribution < -0.4 is 10.7 Å². The average Bonchev–Trinajstić information content (AvgIpc) is 2.65. The molecule has 3 aromatic rings. The highest BCUT2D eigenvalue weighted by Crippen LogP contribution is 2.16. The first-order chi connectivity index (χ1) is 10.2. The highest BCUT2D eigenvalue weighted by atomic mass is 16.1. The zero-order chi connectivity index (χ0) is 14.8. The maximum atomic E-state index is 12.2. The van der Waals surface area contributed by atoms with Crippen molar-refractivity contribution in [1.29, 1.82) is 0 Å². The first-order valence-corrected chi connectivity index (χ1v) is 6.93. The molecule has 0 amide bonds. The lowest BCUT2D eigenvalue weighted by Crippen LogP contribution is -2.13. The van der Waals surface area contributed by atoms with E-state index in [4.69, 9.17) is 0 Å². The van der Waals surface area contributed by atoms with Crippen LogP contribution in [0.2, 0.25) is 0 Å². The fourth-order valence-electron chi connectivity index (χ4n) is 2.47. The summed E-state index contributed by atoms with van der Waals surface area (Å²) in [6, 6.07) is 15.2. The summed E-state index contributed by atoms with van der Waals surface area (Å²) < 4.78 is 1.74. The lowest BCUT2D eigenvalue weighted by Gasteiger charge is -2.09. The maximum absolute atomic E-state index is 12.2. The largest absolute Gasteiger partial charge is 0.366 e. The number of nitrogens with one attached hydrogen (secondary N) is 1. The molecule has 2 aromatic carbocycles. The van der Waals surface area contributed by atoms with Gasteiger partial charge in [-0.3, -0.25) is 4.79 Å². The van der Waals surface area contributed by atoms with E-state index in [1.807, 2.05) is 50.2 Å². The van der Waals surface area contributed by atoms with Crippen LogP contribution in [0, 0.1) is 13.8 Å². The maximum Gasteiger partial charge on any atom is 0.204 e. The Bertz CT molecular complexity index is 852. The quantitative estimate of drug-likeness (QED) is 0.801. The summed E-state index contributed by atoms with van der Waals surface area (Å²) >= 11 is 0. The number of nitrogens with zero attached hydrogens (tertiary/aromatic N) is 2. The smallest absolute Gasteiger partial charge is 0.204 e. The molecule has 4 heteroatoms. The van der Waals surface area contributed by atoms with Crippen LogP contribution in [0.3, 0.4) is 0 Å². The number of aryl methyl sites for hydroxylation is 2. The first kappa shape index (κ1) is 13.4. The Kier molecular flexibility index (Phi) is 3.44. The molecule has 4 nitrogen and oxygen atoms in total. The van der Waals surface area contributed by atoms with Crippen LogP contribution in [-0.2, 0) is 6.67 Å². The van der Waals surface area contributed by atoms with Gasteiger partial charge >= 0.3 is 0 Å². The lowest BCUT2D eigenvalue weighted by atomic mass is 10.2. The SMILES string of the molecule is Cc1ccccc1NCn1nc(C)c2ccccc(=O)c21. The lowest BCUT2D eigenvalue weighted by molar-refractivity contribution is 0.684. The number of aromatic nitrogens is 2. The van der Waals surface area contributed by atoms with Gasteiger partial charge in [-0.15, -0.1) is 0 Å². The number of para-hydroxylation sites is 1. The second kappa shape index (κ2) is 5.40. The van der Waals surface area contributed by atoms with Crippen molar-refractivity contribution >= 4 is 16.6 Å². The molecule has 0 atom stereocenters. The normalized spacial score (nSPS) is 10.8. The summed E-state index contributed by atoms with van der Waals surface area (Å²) in [6.45, 7) is 4.44. The molecular weight excluding hydrogens is 262 g/mol. The molecule has 0 saturated carbocycles. The van der Waals surface area contributed by atoms with E-state index in [2.05, 4.69) is 10.4 Å². The molecule has 1 aromatic heterocycles. The fourth-order valence-corrected chi connectivity index (χ4v) is 2.47. The van der Waals surface area contributed by atoms with E-state index in [0.29, 0.717) is 12.2 Å². The Labute approximate surface area is 123 Å². The highest BCUT2D eigenvalue weighted by molar-refractivity contribution is 5.80. The number of fused-ring (bicyclic) bond motifs is 1. The topological polar surface area (TPSA) is 46.9 Å². The molecule has 0 aliphatic carbocycles. The number of hydrogen-bond acceptors (Lipinski definition) is 3.